The highest BCUT2D eigenvalue weighted by Gasteiger charge is 2.19. The lowest BCUT2D eigenvalue weighted by molar-refractivity contribution is -0.133. The Bertz CT molecular complexity index is 1060. The van der Waals surface area contributed by atoms with Gasteiger partial charge in [-0.3, -0.25) is 4.79 Å². The van der Waals surface area contributed by atoms with Crippen LogP contribution in [0.3, 0.4) is 0 Å². The number of halogens is 1. The van der Waals surface area contributed by atoms with Crippen molar-refractivity contribution in [1.82, 2.24) is 9.62 Å². The van der Waals surface area contributed by atoms with Crippen LogP contribution >= 0.6 is 0 Å². The number of esters is 1. The third-order valence-electron chi connectivity index (χ3n) is 4.16. The zero-order chi connectivity index (χ0) is 23.2. The third kappa shape index (κ3) is 6.76. The van der Waals surface area contributed by atoms with E-state index in [1.54, 1.807) is 19.9 Å². The van der Waals surface area contributed by atoms with E-state index < -0.39 is 34.3 Å². The number of benzene rings is 2. The predicted octanol–water partition coefficient (Wildman–Crippen LogP) is 2.34. The molecule has 0 aliphatic heterocycles. The van der Waals surface area contributed by atoms with Crippen molar-refractivity contribution in [1.29, 1.82) is 0 Å². The quantitative estimate of drug-likeness (QED) is 0.586. The number of carbonyl (C=O) groups excluding carboxylic acids is 2. The van der Waals surface area contributed by atoms with Gasteiger partial charge in [0.1, 0.15) is 0 Å². The molecule has 2 aromatic rings. The number of hydrogen-bond acceptors (Lipinski definition) is 6. The van der Waals surface area contributed by atoms with Gasteiger partial charge in [0.15, 0.2) is 18.2 Å². The highest BCUT2D eigenvalue weighted by Crippen LogP contribution is 2.18. The molecule has 0 atom stereocenters. The number of nitrogens with zero attached hydrogens (tertiary/aromatic N) is 1. The smallest absolute Gasteiger partial charge is 0.338 e. The Kier molecular flexibility index (Phi) is 8.12. The van der Waals surface area contributed by atoms with Crippen LogP contribution in [0.4, 0.5) is 4.39 Å². The molecule has 168 valence electrons. The first-order chi connectivity index (χ1) is 14.5. The van der Waals surface area contributed by atoms with Crippen molar-refractivity contribution < 1.29 is 31.9 Å². The molecule has 0 aromatic heterocycles. The van der Waals surface area contributed by atoms with Gasteiger partial charge in [0.2, 0.25) is 10.0 Å². The van der Waals surface area contributed by atoms with Crippen molar-refractivity contribution in [2.24, 2.45) is 0 Å². The van der Waals surface area contributed by atoms with Gasteiger partial charge in [0.05, 0.1) is 17.6 Å². The summed E-state index contributed by atoms with van der Waals surface area (Å²) in [6, 6.07) is 9.37. The number of hydrogen-bond donors (Lipinski definition) is 1. The maximum atomic E-state index is 13.8. The Hall–Kier alpha value is -2.98. The van der Waals surface area contributed by atoms with E-state index in [1.165, 1.54) is 55.5 Å². The van der Waals surface area contributed by atoms with Gasteiger partial charge in [0.25, 0.3) is 5.91 Å². The summed E-state index contributed by atoms with van der Waals surface area (Å²) in [7, 11) is -0.932. The third-order valence-corrected chi connectivity index (χ3v) is 5.82. The zero-order valence-corrected chi connectivity index (χ0v) is 18.5. The van der Waals surface area contributed by atoms with Crippen molar-refractivity contribution in [2.75, 3.05) is 20.8 Å². The van der Waals surface area contributed by atoms with Crippen LogP contribution in [-0.4, -0.2) is 52.0 Å². The summed E-state index contributed by atoms with van der Waals surface area (Å²) in [6.07, 6.45) is 0. The van der Waals surface area contributed by atoms with Crippen LogP contribution in [0.5, 0.6) is 5.75 Å². The summed E-state index contributed by atoms with van der Waals surface area (Å²) in [5, 5.41) is 0. The van der Waals surface area contributed by atoms with Crippen molar-refractivity contribution >= 4 is 21.9 Å². The minimum atomic E-state index is -3.78. The van der Waals surface area contributed by atoms with Crippen molar-refractivity contribution in [3.05, 3.63) is 59.4 Å². The molecule has 2 aromatic carbocycles. The molecular formula is C21H25FN2O6S. The van der Waals surface area contributed by atoms with Crippen LogP contribution in [0.2, 0.25) is 0 Å². The molecule has 8 nitrogen and oxygen atoms in total. The first-order valence-corrected chi connectivity index (χ1v) is 10.9. The lowest BCUT2D eigenvalue weighted by Gasteiger charge is -2.17. The second kappa shape index (κ2) is 10.4. The monoisotopic (exact) mass is 452 g/mol. The molecule has 1 amide bonds. The number of nitrogens with one attached hydrogen (secondary N) is 1. The Morgan fingerprint density at radius 1 is 1.16 bits per heavy atom. The van der Waals surface area contributed by atoms with E-state index in [0.717, 1.165) is 0 Å². The van der Waals surface area contributed by atoms with Crippen LogP contribution in [0, 0.1) is 5.82 Å². The molecule has 0 saturated carbocycles. The lowest BCUT2D eigenvalue weighted by Crippen LogP contribution is -2.31. The second-order valence-electron chi connectivity index (χ2n) is 7.10. The molecule has 0 radical (unpaired) electrons. The number of carbonyl (C=O) groups is 2. The predicted molar refractivity (Wildman–Crippen MR) is 112 cm³/mol. The normalized spacial score (nSPS) is 11.3. The molecule has 0 fully saturated rings. The minimum Gasteiger partial charge on any atom is -0.494 e. The minimum absolute atomic E-state index is 0.000639. The number of amides is 1. The van der Waals surface area contributed by atoms with Crippen molar-refractivity contribution in [3.8, 4) is 5.75 Å². The van der Waals surface area contributed by atoms with Gasteiger partial charge in [-0.05, 0) is 49.7 Å². The van der Waals surface area contributed by atoms with E-state index in [0.29, 0.717) is 5.56 Å². The average Bonchev–Trinajstić information content (AvgIpc) is 2.71. The molecule has 1 N–H and O–H groups in total. The molecule has 0 saturated heterocycles. The summed E-state index contributed by atoms with van der Waals surface area (Å²) in [6.45, 7) is 2.91. The molecule has 10 heteroatoms. The molecule has 0 aliphatic rings. The zero-order valence-electron chi connectivity index (χ0n) is 17.7. The highest BCUT2D eigenvalue weighted by molar-refractivity contribution is 7.89. The van der Waals surface area contributed by atoms with Crippen LogP contribution in [0.15, 0.2) is 47.4 Å². The van der Waals surface area contributed by atoms with Gasteiger partial charge >= 0.3 is 5.97 Å². The molecule has 0 bridgehead atoms. The number of likely N-dealkylation sites (N-methyl/N-ethyl adjacent to an activating group) is 1. The molecule has 0 aliphatic carbocycles. The summed E-state index contributed by atoms with van der Waals surface area (Å²) < 4.78 is 50.6. The Morgan fingerprint density at radius 3 is 2.48 bits per heavy atom. The SMILES string of the molecule is COc1ccc(CN(C)C(=O)COC(=O)c2cccc(S(=O)(=O)NC(C)C)c2)cc1F. The Morgan fingerprint density at radius 2 is 1.87 bits per heavy atom. The molecule has 0 heterocycles. The summed E-state index contributed by atoms with van der Waals surface area (Å²) in [5.41, 5.74) is 0.537. The van der Waals surface area contributed by atoms with Crippen LogP contribution < -0.4 is 9.46 Å². The highest BCUT2D eigenvalue weighted by atomic mass is 32.2. The van der Waals surface area contributed by atoms with Crippen LogP contribution in [0.25, 0.3) is 0 Å². The van der Waals surface area contributed by atoms with E-state index in [2.05, 4.69) is 4.72 Å². The topological polar surface area (TPSA) is 102 Å². The average molecular weight is 453 g/mol. The molecular weight excluding hydrogens is 427 g/mol. The first-order valence-electron chi connectivity index (χ1n) is 9.39. The molecule has 31 heavy (non-hydrogen) atoms. The molecule has 0 unspecified atom stereocenters. The summed E-state index contributed by atoms with van der Waals surface area (Å²) in [4.78, 5) is 25.7. The first kappa shape index (κ1) is 24.3. The van der Waals surface area contributed by atoms with Gasteiger partial charge in [-0.15, -0.1) is 0 Å². The van der Waals surface area contributed by atoms with Gasteiger partial charge in [0, 0.05) is 19.6 Å². The second-order valence-corrected chi connectivity index (χ2v) is 8.81. The molecule has 0 spiro atoms. The fraction of sp³-hybridized carbons (Fsp3) is 0.333. The van der Waals surface area contributed by atoms with Crippen molar-refractivity contribution in [3.63, 3.8) is 0 Å². The number of rotatable bonds is 9. The Labute approximate surface area is 181 Å². The maximum absolute atomic E-state index is 13.8. The van der Waals surface area contributed by atoms with Gasteiger partial charge in [-0.1, -0.05) is 12.1 Å². The van der Waals surface area contributed by atoms with E-state index in [4.69, 9.17) is 9.47 Å². The standard InChI is InChI=1S/C21H25FN2O6S/c1-14(2)23-31(27,28)17-7-5-6-16(11-17)21(26)30-13-20(25)24(3)12-15-8-9-19(29-4)18(22)10-15/h5-11,14,23H,12-13H2,1-4H3. The van der Waals surface area contributed by atoms with Crippen molar-refractivity contribution in [2.45, 2.75) is 31.3 Å². The number of sulfonamides is 1. The number of methoxy groups -OCH3 is 1. The van der Waals surface area contributed by atoms with E-state index in [9.17, 15) is 22.4 Å². The van der Waals surface area contributed by atoms with Crippen LogP contribution in [-0.2, 0) is 26.1 Å². The van der Waals surface area contributed by atoms with Gasteiger partial charge in [-0.25, -0.2) is 22.3 Å². The van der Waals surface area contributed by atoms with Crippen LogP contribution in [0.1, 0.15) is 29.8 Å². The maximum Gasteiger partial charge on any atom is 0.338 e. The lowest BCUT2D eigenvalue weighted by atomic mass is 10.2. The van der Waals surface area contributed by atoms with E-state index in [1.807, 2.05) is 0 Å². The van der Waals surface area contributed by atoms with Gasteiger partial charge < -0.3 is 14.4 Å². The molecule has 2 rings (SSSR count). The van der Waals surface area contributed by atoms with E-state index >= 15 is 0 Å². The van der Waals surface area contributed by atoms with E-state index in [-0.39, 0.29) is 28.8 Å². The fourth-order valence-electron chi connectivity index (χ4n) is 2.66. The van der Waals surface area contributed by atoms with Gasteiger partial charge in [-0.2, -0.15) is 0 Å². The fourth-order valence-corrected chi connectivity index (χ4v) is 3.96. The summed E-state index contributed by atoms with van der Waals surface area (Å²) in [5.74, 6) is -1.79. The number of ether oxygens (including phenoxy) is 2. The summed E-state index contributed by atoms with van der Waals surface area (Å²) >= 11 is 0. The largest absolute Gasteiger partial charge is 0.494 e. The Balaban J connectivity index is 1.98.